The molecule has 2 heterocycles. The Labute approximate surface area is 133 Å². The fourth-order valence-corrected chi connectivity index (χ4v) is 2.84. The van der Waals surface area contributed by atoms with E-state index in [0.717, 1.165) is 30.5 Å². The lowest BCUT2D eigenvalue weighted by Crippen LogP contribution is -2.47. The maximum Gasteiger partial charge on any atom is 0.315 e. The van der Waals surface area contributed by atoms with E-state index in [0.29, 0.717) is 12.6 Å². The number of carbonyl (C=O) groups excluding carboxylic acids is 1. The average Bonchev–Trinajstić information content (AvgIpc) is 2.92. The van der Waals surface area contributed by atoms with Crippen LogP contribution in [0.1, 0.15) is 51.2 Å². The quantitative estimate of drug-likeness (QED) is 0.879. The molecule has 2 unspecified atom stereocenters. The van der Waals surface area contributed by atoms with Crippen LogP contribution >= 0.6 is 0 Å². The van der Waals surface area contributed by atoms with Crippen LogP contribution in [0, 0.1) is 12.8 Å². The molecular weight excluding hydrogens is 278 g/mol. The molecule has 0 spiro atoms. The number of piperidine rings is 1. The van der Waals surface area contributed by atoms with E-state index in [2.05, 4.69) is 29.4 Å². The van der Waals surface area contributed by atoms with Crippen LogP contribution in [0.5, 0.6) is 0 Å². The van der Waals surface area contributed by atoms with Crippen LogP contribution in [0.2, 0.25) is 0 Å². The Hall–Kier alpha value is -1.49. The number of hydrogen-bond donors (Lipinski definition) is 2. The van der Waals surface area contributed by atoms with Gasteiger partial charge in [0, 0.05) is 12.6 Å². The van der Waals surface area contributed by atoms with Crippen molar-refractivity contribution in [1.82, 2.24) is 15.5 Å². The van der Waals surface area contributed by atoms with E-state index >= 15 is 0 Å². The van der Waals surface area contributed by atoms with Crippen LogP contribution in [0.25, 0.3) is 0 Å². The molecule has 2 N–H and O–H groups in total. The number of aryl methyl sites for hydroxylation is 1. The Kier molecular flexibility index (Phi) is 5.89. The highest BCUT2D eigenvalue weighted by Crippen LogP contribution is 2.18. The summed E-state index contributed by atoms with van der Waals surface area (Å²) in [5.74, 6) is 2.47. The number of carbonyl (C=O) groups is 1. The number of likely N-dealkylation sites (tertiary alicyclic amines) is 1. The smallest absolute Gasteiger partial charge is 0.315 e. The number of furan rings is 1. The molecule has 0 radical (unpaired) electrons. The Morgan fingerprint density at radius 2 is 2.05 bits per heavy atom. The van der Waals surface area contributed by atoms with Gasteiger partial charge < -0.3 is 15.1 Å². The van der Waals surface area contributed by atoms with Crippen LogP contribution < -0.4 is 10.6 Å². The molecule has 124 valence electrons. The van der Waals surface area contributed by atoms with Crippen LogP contribution in [-0.4, -0.2) is 36.6 Å². The van der Waals surface area contributed by atoms with Crippen LogP contribution in [0.4, 0.5) is 4.79 Å². The van der Waals surface area contributed by atoms with Gasteiger partial charge in [0.15, 0.2) is 0 Å². The molecule has 1 aliphatic rings. The molecule has 0 aromatic carbocycles. The first kappa shape index (κ1) is 16.9. The maximum atomic E-state index is 12.0. The molecule has 1 aromatic rings. The minimum absolute atomic E-state index is 0.125. The third-order valence-corrected chi connectivity index (χ3v) is 4.54. The van der Waals surface area contributed by atoms with Gasteiger partial charge in [-0.1, -0.05) is 6.92 Å². The molecule has 1 fully saturated rings. The second-order valence-electron chi connectivity index (χ2n) is 6.59. The van der Waals surface area contributed by atoms with Gasteiger partial charge in [-0.05, 0) is 64.8 Å². The molecule has 5 heteroatoms. The van der Waals surface area contributed by atoms with Crippen molar-refractivity contribution in [2.75, 3.05) is 19.6 Å². The van der Waals surface area contributed by atoms with Crippen molar-refractivity contribution in [3.63, 3.8) is 0 Å². The molecule has 22 heavy (non-hydrogen) atoms. The standard InChI is InChI=1S/C17H29N3O2/c1-12-7-9-20(10-8-12)13(2)11-18-17(21)19-15(4)16-6-5-14(3)22-16/h5-6,12-13,15H,7-11H2,1-4H3,(H2,18,19,21). The van der Waals surface area contributed by atoms with Crippen molar-refractivity contribution >= 4 is 6.03 Å². The first-order valence-electron chi connectivity index (χ1n) is 8.30. The predicted octanol–water partition coefficient (Wildman–Crippen LogP) is 3.07. The number of nitrogens with one attached hydrogen (secondary N) is 2. The third-order valence-electron chi connectivity index (χ3n) is 4.54. The Morgan fingerprint density at radius 3 is 2.64 bits per heavy atom. The molecule has 2 amide bonds. The Balaban J connectivity index is 1.70. The summed E-state index contributed by atoms with van der Waals surface area (Å²) in [4.78, 5) is 14.4. The molecule has 0 saturated carbocycles. The highest BCUT2D eigenvalue weighted by atomic mass is 16.3. The summed E-state index contributed by atoms with van der Waals surface area (Å²) in [6, 6.07) is 3.92. The van der Waals surface area contributed by atoms with Crippen LogP contribution in [-0.2, 0) is 0 Å². The van der Waals surface area contributed by atoms with Crippen molar-refractivity contribution in [2.45, 2.75) is 52.6 Å². The summed E-state index contributed by atoms with van der Waals surface area (Å²) < 4.78 is 5.53. The molecule has 1 aromatic heterocycles. The fourth-order valence-electron chi connectivity index (χ4n) is 2.84. The average molecular weight is 307 g/mol. The number of nitrogens with zero attached hydrogens (tertiary/aromatic N) is 1. The van der Waals surface area contributed by atoms with Gasteiger partial charge in [0.2, 0.25) is 0 Å². The van der Waals surface area contributed by atoms with Gasteiger partial charge in [0.05, 0.1) is 6.04 Å². The first-order valence-corrected chi connectivity index (χ1v) is 8.30. The molecule has 0 aliphatic carbocycles. The SMILES string of the molecule is Cc1ccc(C(C)NC(=O)NCC(C)N2CCC(C)CC2)o1. The van der Waals surface area contributed by atoms with Crippen LogP contribution in [0.3, 0.4) is 0 Å². The molecule has 2 rings (SSSR count). The molecular formula is C17H29N3O2. The first-order chi connectivity index (χ1) is 10.5. The van der Waals surface area contributed by atoms with E-state index in [4.69, 9.17) is 4.42 Å². The van der Waals surface area contributed by atoms with Gasteiger partial charge in [-0.3, -0.25) is 4.90 Å². The highest BCUT2D eigenvalue weighted by Gasteiger charge is 2.21. The molecule has 1 aliphatic heterocycles. The zero-order valence-electron chi connectivity index (χ0n) is 14.2. The fraction of sp³-hybridized carbons (Fsp3) is 0.706. The summed E-state index contributed by atoms with van der Waals surface area (Å²) in [5, 5.41) is 5.88. The number of urea groups is 1. The minimum Gasteiger partial charge on any atom is -0.464 e. The van der Waals surface area contributed by atoms with E-state index in [9.17, 15) is 4.79 Å². The van der Waals surface area contributed by atoms with Gasteiger partial charge in [-0.25, -0.2) is 4.79 Å². The van der Waals surface area contributed by atoms with E-state index in [1.54, 1.807) is 0 Å². The lowest BCUT2D eigenvalue weighted by atomic mass is 9.98. The Morgan fingerprint density at radius 1 is 1.36 bits per heavy atom. The number of amides is 2. The van der Waals surface area contributed by atoms with Gasteiger partial charge in [-0.15, -0.1) is 0 Å². The summed E-state index contributed by atoms with van der Waals surface area (Å²) >= 11 is 0. The topological polar surface area (TPSA) is 57.5 Å². The van der Waals surface area contributed by atoms with E-state index in [1.165, 1.54) is 12.8 Å². The van der Waals surface area contributed by atoms with Crippen molar-refractivity contribution in [1.29, 1.82) is 0 Å². The van der Waals surface area contributed by atoms with E-state index in [1.807, 2.05) is 26.0 Å². The van der Waals surface area contributed by atoms with Gasteiger partial charge in [0.25, 0.3) is 0 Å². The zero-order chi connectivity index (χ0) is 16.1. The third kappa shape index (κ3) is 4.77. The molecule has 0 bridgehead atoms. The molecule has 5 nitrogen and oxygen atoms in total. The van der Waals surface area contributed by atoms with E-state index in [-0.39, 0.29) is 12.1 Å². The van der Waals surface area contributed by atoms with E-state index < -0.39 is 0 Å². The van der Waals surface area contributed by atoms with Crippen molar-refractivity contribution in [3.8, 4) is 0 Å². The zero-order valence-corrected chi connectivity index (χ0v) is 14.2. The summed E-state index contributed by atoms with van der Waals surface area (Å²) in [5.41, 5.74) is 0. The van der Waals surface area contributed by atoms with Crippen molar-refractivity contribution < 1.29 is 9.21 Å². The second-order valence-corrected chi connectivity index (χ2v) is 6.59. The van der Waals surface area contributed by atoms with Crippen LogP contribution in [0.15, 0.2) is 16.5 Å². The van der Waals surface area contributed by atoms with Crippen molar-refractivity contribution in [2.24, 2.45) is 5.92 Å². The molecule has 1 saturated heterocycles. The van der Waals surface area contributed by atoms with Gasteiger partial charge in [0.1, 0.15) is 11.5 Å². The lowest BCUT2D eigenvalue weighted by molar-refractivity contribution is 0.145. The summed E-state index contributed by atoms with van der Waals surface area (Å²) in [6.45, 7) is 11.2. The lowest BCUT2D eigenvalue weighted by Gasteiger charge is -2.35. The van der Waals surface area contributed by atoms with Gasteiger partial charge in [-0.2, -0.15) is 0 Å². The minimum atomic E-state index is -0.140. The largest absolute Gasteiger partial charge is 0.464 e. The highest BCUT2D eigenvalue weighted by molar-refractivity contribution is 5.74. The Bertz CT molecular complexity index is 478. The second kappa shape index (κ2) is 7.68. The number of hydrogen-bond acceptors (Lipinski definition) is 3. The molecule has 2 atom stereocenters. The normalized spacial score (nSPS) is 19.6. The van der Waals surface area contributed by atoms with Gasteiger partial charge >= 0.3 is 6.03 Å². The predicted molar refractivity (Wildman–Crippen MR) is 87.8 cm³/mol. The maximum absolute atomic E-state index is 12.0. The summed E-state index contributed by atoms with van der Waals surface area (Å²) in [6.07, 6.45) is 2.51. The number of rotatable bonds is 5. The summed E-state index contributed by atoms with van der Waals surface area (Å²) in [7, 11) is 0. The van der Waals surface area contributed by atoms with Crippen molar-refractivity contribution in [3.05, 3.63) is 23.7 Å². The monoisotopic (exact) mass is 307 g/mol.